The molecule has 0 aromatic carbocycles. The Morgan fingerprint density at radius 3 is 2.37 bits per heavy atom. The molecule has 1 heterocycles. The number of aryl methyl sites for hydroxylation is 1. The van der Waals surface area contributed by atoms with Gasteiger partial charge in [-0.3, -0.25) is 0 Å². The summed E-state index contributed by atoms with van der Waals surface area (Å²) in [4.78, 5) is 5.90. The van der Waals surface area contributed by atoms with Crippen LogP contribution in [0, 0.1) is 17.8 Å². The number of nitrogens with zero attached hydrogens (tertiary/aromatic N) is 1. The SMILES string of the molecule is CCc1ncc(CNC23CC4CC(CC(C4)C2)C3)s1. The molecule has 0 atom stereocenters. The zero-order chi connectivity index (χ0) is 12.9. The van der Waals surface area contributed by atoms with Gasteiger partial charge in [0.05, 0.1) is 5.01 Å². The second-order valence-corrected chi connectivity index (χ2v) is 8.33. The van der Waals surface area contributed by atoms with Crippen LogP contribution in [0.4, 0.5) is 0 Å². The van der Waals surface area contributed by atoms with Gasteiger partial charge in [0.1, 0.15) is 0 Å². The Bertz CT molecular complexity index is 430. The van der Waals surface area contributed by atoms with Crippen LogP contribution in [0.1, 0.15) is 55.3 Å². The second-order valence-electron chi connectivity index (χ2n) is 7.13. The molecule has 0 saturated heterocycles. The highest BCUT2D eigenvalue weighted by Crippen LogP contribution is 2.55. The summed E-state index contributed by atoms with van der Waals surface area (Å²) in [5.41, 5.74) is 0.491. The van der Waals surface area contributed by atoms with E-state index < -0.39 is 0 Å². The van der Waals surface area contributed by atoms with E-state index in [9.17, 15) is 0 Å². The van der Waals surface area contributed by atoms with Crippen molar-refractivity contribution in [1.29, 1.82) is 0 Å². The number of hydrogen-bond acceptors (Lipinski definition) is 3. The van der Waals surface area contributed by atoms with Crippen molar-refractivity contribution >= 4 is 11.3 Å². The van der Waals surface area contributed by atoms with Crippen LogP contribution in [0.25, 0.3) is 0 Å². The lowest BCUT2D eigenvalue weighted by atomic mass is 9.53. The maximum atomic E-state index is 4.48. The summed E-state index contributed by atoms with van der Waals surface area (Å²) in [7, 11) is 0. The van der Waals surface area contributed by atoms with E-state index >= 15 is 0 Å². The quantitative estimate of drug-likeness (QED) is 0.905. The van der Waals surface area contributed by atoms with Crippen LogP contribution in [-0.4, -0.2) is 10.5 Å². The van der Waals surface area contributed by atoms with Crippen molar-refractivity contribution in [2.75, 3.05) is 0 Å². The first-order valence-electron chi connectivity index (χ1n) is 7.93. The second kappa shape index (κ2) is 4.56. The molecular formula is C16H24N2S. The Kier molecular flexibility index (Phi) is 2.96. The van der Waals surface area contributed by atoms with Crippen molar-refractivity contribution in [3.05, 3.63) is 16.1 Å². The zero-order valence-corrected chi connectivity index (χ0v) is 12.6. The fraction of sp³-hybridized carbons (Fsp3) is 0.812. The van der Waals surface area contributed by atoms with Crippen molar-refractivity contribution < 1.29 is 0 Å². The van der Waals surface area contributed by atoms with Gasteiger partial charge in [-0.25, -0.2) is 4.98 Å². The summed E-state index contributed by atoms with van der Waals surface area (Å²) in [6.45, 7) is 3.24. The molecule has 1 N–H and O–H groups in total. The zero-order valence-electron chi connectivity index (χ0n) is 11.8. The van der Waals surface area contributed by atoms with Gasteiger partial charge < -0.3 is 5.32 Å². The van der Waals surface area contributed by atoms with E-state index in [2.05, 4.69) is 23.4 Å². The fourth-order valence-electron chi connectivity index (χ4n) is 5.19. The van der Waals surface area contributed by atoms with Crippen LogP contribution in [-0.2, 0) is 13.0 Å². The Balaban J connectivity index is 1.44. The molecule has 3 heteroatoms. The van der Waals surface area contributed by atoms with Crippen molar-refractivity contribution in [2.45, 2.75) is 64.0 Å². The Labute approximate surface area is 120 Å². The van der Waals surface area contributed by atoms with Gasteiger partial charge in [0.2, 0.25) is 0 Å². The smallest absolute Gasteiger partial charge is 0.0925 e. The largest absolute Gasteiger partial charge is 0.306 e. The van der Waals surface area contributed by atoms with E-state index in [4.69, 9.17) is 0 Å². The molecule has 4 saturated carbocycles. The minimum Gasteiger partial charge on any atom is -0.306 e. The van der Waals surface area contributed by atoms with Crippen LogP contribution in [0.15, 0.2) is 6.20 Å². The maximum Gasteiger partial charge on any atom is 0.0925 e. The third-order valence-electron chi connectivity index (χ3n) is 5.58. The fourth-order valence-corrected chi connectivity index (χ4v) is 6.00. The van der Waals surface area contributed by atoms with Gasteiger partial charge in [-0.2, -0.15) is 0 Å². The molecule has 4 aliphatic rings. The molecule has 19 heavy (non-hydrogen) atoms. The van der Waals surface area contributed by atoms with Crippen LogP contribution >= 0.6 is 11.3 Å². The molecule has 0 radical (unpaired) electrons. The highest BCUT2D eigenvalue weighted by molar-refractivity contribution is 7.11. The van der Waals surface area contributed by atoms with E-state index in [-0.39, 0.29) is 0 Å². The topological polar surface area (TPSA) is 24.9 Å². The van der Waals surface area contributed by atoms with Gasteiger partial charge in [0, 0.05) is 23.2 Å². The molecule has 0 unspecified atom stereocenters. The summed E-state index contributed by atoms with van der Waals surface area (Å²) in [5, 5.41) is 5.23. The van der Waals surface area contributed by atoms with E-state index in [0.29, 0.717) is 5.54 Å². The molecule has 4 bridgehead atoms. The first kappa shape index (κ1) is 12.3. The van der Waals surface area contributed by atoms with E-state index in [0.717, 1.165) is 30.7 Å². The normalized spacial score (nSPS) is 39.9. The highest BCUT2D eigenvalue weighted by Gasteiger charge is 2.50. The lowest BCUT2D eigenvalue weighted by Gasteiger charge is -2.57. The average Bonchev–Trinajstić information content (AvgIpc) is 2.83. The lowest BCUT2D eigenvalue weighted by Crippen LogP contribution is -2.58. The Hall–Kier alpha value is -0.410. The predicted molar refractivity (Wildman–Crippen MR) is 79.2 cm³/mol. The van der Waals surface area contributed by atoms with E-state index in [1.807, 2.05) is 11.3 Å². The average molecular weight is 276 g/mol. The molecule has 4 aliphatic carbocycles. The predicted octanol–water partition coefficient (Wildman–Crippen LogP) is 3.76. The van der Waals surface area contributed by atoms with Crippen LogP contribution in [0.5, 0.6) is 0 Å². The molecule has 0 aliphatic heterocycles. The van der Waals surface area contributed by atoms with Gasteiger partial charge in [-0.1, -0.05) is 6.92 Å². The maximum absolute atomic E-state index is 4.48. The van der Waals surface area contributed by atoms with Gasteiger partial charge in [-0.15, -0.1) is 11.3 Å². The first-order chi connectivity index (χ1) is 9.25. The van der Waals surface area contributed by atoms with Crippen molar-refractivity contribution in [1.82, 2.24) is 10.3 Å². The third-order valence-corrected chi connectivity index (χ3v) is 6.72. The summed E-state index contributed by atoms with van der Waals surface area (Å²) in [6, 6.07) is 0. The molecule has 4 fully saturated rings. The molecule has 5 rings (SSSR count). The van der Waals surface area contributed by atoms with Crippen LogP contribution in [0.2, 0.25) is 0 Å². The van der Waals surface area contributed by atoms with Gasteiger partial charge in [0.25, 0.3) is 0 Å². The van der Waals surface area contributed by atoms with Crippen LogP contribution in [0.3, 0.4) is 0 Å². The van der Waals surface area contributed by atoms with Crippen LogP contribution < -0.4 is 5.32 Å². The number of hydrogen-bond donors (Lipinski definition) is 1. The third kappa shape index (κ3) is 2.25. The standard InChI is InChI=1S/C16H24N2S/c1-2-15-17-9-14(19-15)10-18-16-6-11-3-12(7-16)5-13(4-11)8-16/h9,11-13,18H,2-8,10H2,1H3. The Morgan fingerprint density at radius 2 is 1.84 bits per heavy atom. The summed E-state index contributed by atoms with van der Waals surface area (Å²) in [5.74, 6) is 3.10. The summed E-state index contributed by atoms with van der Waals surface area (Å²) < 4.78 is 0. The van der Waals surface area contributed by atoms with E-state index in [1.165, 1.54) is 48.4 Å². The van der Waals surface area contributed by atoms with Gasteiger partial charge in [0.15, 0.2) is 0 Å². The van der Waals surface area contributed by atoms with Crippen molar-refractivity contribution in [3.63, 3.8) is 0 Å². The molecule has 0 spiro atoms. The molecule has 1 aromatic rings. The Morgan fingerprint density at radius 1 is 1.21 bits per heavy atom. The van der Waals surface area contributed by atoms with Gasteiger partial charge >= 0.3 is 0 Å². The number of nitrogens with one attached hydrogen (secondary N) is 1. The number of thiazole rings is 1. The summed E-state index contributed by atoms with van der Waals surface area (Å²) in [6.07, 6.45) is 12.1. The first-order valence-corrected chi connectivity index (χ1v) is 8.75. The minimum atomic E-state index is 0.491. The molecule has 1 aromatic heterocycles. The number of aromatic nitrogens is 1. The monoisotopic (exact) mass is 276 g/mol. The molecule has 2 nitrogen and oxygen atoms in total. The minimum absolute atomic E-state index is 0.491. The highest BCUT2D eigenvalue weighted by atomic mass is 32.1. The molecule has 0 amide bonds. The van der Waals surface area contributed by atoms with E-state index in [1.54, 1.807) is 0 Å². The summed E-state index contributed by atoms with van der Waals surface area (Å²) >= 11 is 1.89. The lowest BCUT2D eigenvalue weighted by molar-refractivity contribution is -0.0204. The van der Waals surface area contributed by atoms with Crippen molar-refractivity contribution in [3.8, 4) is 0 Å². The molecule has 104 valence electrons. The van der Waals surface area contributed by atoms with Crippen molar-refractivity contribution in [2.24, 2.45) is 17.8 Å². The number of rotatable bonds is 4. The van der Waals surface area contributed by atoms with Gasteiger partial charge in [-0.05, 0) is 62.7 Å². The molecular weight excluding hydrogens is 252 g/mol.